The normalized spacial score (nSPS) is 17.8. The first-order chi connectivity index (χ1) is 9.67. The molecule has 0 bridgehead atoms. The second kappa shape index (κ2) is 6.29. The molecule has 2 heterocycles. The molecule has 1 N–H and O–H groups in total. The van der Waals surface area contributed by atoms with Gasteiger partial charge in [-0.05, 0) is 12.8 Å². The predicted molar refractivity (Wildman–Crippen MR) is 71.9 cm³/mol. The summed E-state index contributed by atoms with van der Waals surface area (Å²) in [5, 5.41) is 14.0. The van der Waals surface area contributed by atoms with E-state index in [0.29, 0.717) is 19.0 Å². The highest BCUT2D eigenvalue weighted by molar-refractivity contribution is 5.62. The van der Waals surface area contributed by atoms with E-state index in [1.807, 2.05) is 0 Å². The molecule has 0 radical (unpaired) electrons. The fourth-order valence-corrected chi connectivity index (χ4v) is 1.98. The first-order valence-electron chi connectivity index (χ1n) is 6.24. The molecule has 0 saturated carbocycles. The van der Waals surface area contributed by atoms with E-state index < -0.39 is 4.92 Å². The lowest BCUT2D eigenvalue weighted by Crippen LogP contribution is -2.12. The topological polar surface area (TPSA) is 99.4 Å². The lowest BCUT2D eigenvalue weighted by molar-refractivity contribution is -0.385. The van der Waals surface area contributed by atoms with Crippen LogP contribution in [-0.4, -0.2) is 35.2 Å². The van der Waals surface area contributed by atoms with E-state index in [4.69, 9.17) is 9.47 Å². The van der Waals surface area contributed by atoms with E-state index in [0.717, 1.165) is 12.8 Å². The second-order valence-corrected chi connectivity index (χ2v) is 4.22. The Morgan fingerprint density at radius 3 is 3.00 bits per heavy atom. The van der Waals surface area contributed by atoms with E-state index >= 15 is 0 Å². The van der Waals surface area contributed by atoms with Gasteiger partial charge in [0.1, 0.15) is 6.10 Å². The maximum atomic E-state index is 11.1. The molecule has 8 heteroatoms. The molecule has 0 aliphatic carbocycles. The van der Waals surface area contributed by atoms with Crippen LogP contribution >= 0.6 is 0 Å². The fourth-order valence-electron chi connectivity index (χ4n) is 1.98. The first kappa shape index (κ1) is 14.2. The van der Waals surface area contributed by atoms with Crippen molar-refractivity contribution in [2.24, 2.45) is 0 Å². The smallest absolute Gasteiger partial charge is 0.372 e. The summed E-state index contributed by atoms with van der Waals surface area (Å²) in [6.07, 6.45) is 3.06. The zero-order valence-electron chi connectivity index (χ0n) is 11.2. The fraction of sp³-hybridized carbons (Fsp3) is 0.500. The van der Waals surface area contributed by atoms with Gasteiger partial charge in [-0.2, -0.15) is 4.98 Å². The minimum absolute atomic E-state index is 0.0675. The van der Waals surface area contributed by atoms with E-state index in [2.05, 4.69) is 21.9 Å². The average Bonchev–Trinajstić information content (AvgIpc) is 2.97. The van der Waals surface area contributed by atoms with Crippen molar-refractivity contribution in [2.75, 3.05) is 25.6 Å². The number of nitrogens with one attached hydrogen (secondary N) is 1. The van der Waals surface area contributed by atoms with Crippen LogP contribution in [0.15, 0.2) is 12.7 Å². The third kappa shape index (κ3) is 2.85. The van der Waals surface area contributed by atoms with Gasteiger partial charge in [0.05, 0.1) is 12.0 Å². The number of nitro groups is 1. The van der Waals surface area contributed by atoms with Crippen molar-refractivity contribution in [3.63, 3.8) is 0 Å². The van der Waals surface area contributed by atoms with Crippen LogP contribution in [0.5, 0.6) is 5.88 Å². The van der Waals surface area contributed by atoms with Crippen molar-refractivity contribution in [3.05, 3.63) is 28.6 Å². The summed E-state index contributed by atoms with van der Waals surface area (Å²) in [6, 6.07) is 0. The van der Waals surface area contributed by atoms with E-state index in [9.17, 15) is 10.1 Å². The zero-order valence-corrected chi connectivity index (χ0v) is 11.2. The molecule has 0 aromatic carbocycles. The van der Waals surface area contributed by atoms with Gasteiger partial charge in [-0.1, -0.05) is 6.08 Å². The molecule has 1 aliphatic rings. The van der Waals surface area contributed by atoms with Gasteiger partial charge in [-0.15, -0.1) is 6.58 Å². The number of ether oxygens (including phenoxy) is 2. The van der Waals surface area contributed by atoms with Crippen molar-refractivity contribution < 1.29 is 14.4 Å². The van der Waals surface area contributed by atoms with Crippen LogP contribution in [-0.2, 0) is 4.74 Å². The van der Waals surface area contributed by atoms with Crippen molar-refractivity contribution in [1.82, 2.24) is 9.97 Å². The maximum Gasteiger partial charge on any atom is 0.372 e. The number of methoxy groups -OCH3 is 1. The van der Waals surface area contributed by atoms with Crippen molar-refractivity contribution in [2.45, 2.75) is 18.9 Å². The molecule has 108 valence electrons. The Balaban J connectivity index is 2.45. The van der Waals surface area contributed by atoms with Gasteiger partial charge >= 0.3 is 5.69 Å². The van der Waals surface area contributed by atoms with Gasteiger partial charge in [0.2, 0.25) is 5.82 Å². The van der Waals surface area contributed by atoms with Crippen LogP contribution in [0.3, 0.4) is 0 Å². The molecule has 1 aliphatic heterocycles. The predicted octanol–water partition coefficient (Wildman–Crippen LogP) is 1.84. The van der Waals surface area contributed by atoms with Crippen LogP contribution in [0.1, 0.15) is 24.8 Å². The number of hydrogen-bond donors (Lipinski definition) is 1. The van der Waals surface area contributed by atoms with E-state index in [1.54, 1.807) is 6.08 Å². The quantitative estimate of drug-likeness (QED) is 0.482. The standard InChI is InChI=1S/C12H16N4O4/c1-3-6-13-11-9(16(17)18)12(19-2)15-10(14-11)8-5-4-7-20-8/h3,8H,1,4-7H2,2H3,(H,13,14,15). The van der Waals surface area contributed by atoms with Gasteiger partial charge in [0.25, 0.3) is 5.88 Å². The molecule has 0 spiro atoms. The van der Waals surface area contributed by atoms with Gasteiger partial charge in [-0.25, -0.2) is 4.98 Å². The Labute approximate surface area is 116 Å². The van der Waals surface area contributed by atoms with E-state index in [1.165, 1.54) is 7.11 Å². The largest absolute Gasteiger partial charge is 0.476 e. The lowest BCUT2D eigenvalue weighted by atomic mass is 10.2. The van der Waals surface area contributed by atoms with Crippen molar-refractivity contribution >= 4 is 11.5 Å². The van der Waals surface area contributed by atoms with Gasteiger partial charge in [-0.3, -0.25) is 10.1 Å². The molecule has 1 atom stereocenters. The zero-order chi connectivity index (χ0) is 14.5. The Hall–Kier alpha value is -2.22. The molecular weight excluding hydrogens is 264 g/mol. The number of rotatable bonds is 6. The highest BCUT2D eigenvalue weighted by atomic mass is 16.6. The first-order valence-corrected chi connectivity index (χ1v) is 6.24. The Morgan fingerprint density at radius 1 is 1.65 bits per heavy atom. The third-order valence-electron chi connectivity index (χ3n) is 2.88. The van der Waals surface area contributed by atoms with Gasteiger partial charge in [0, 0.05) is 13.2 Å². The monoisotopic (exact) mass is 280 g/mol. The number of nitrogens with zero attached hydrogens (tertiary/aromatic N) is 3. The summed E-state index contributed by atoms with van der Waals surface area (Å²) in [5.41, 5.74) is -0.281. The van der Waals surface area contributed by atoms with E-state index in [-0.39, 0.29) is 23.5 Å². The molecule has 1 aromatic heterocycles. The number of aromatic nitrogens is 2. The summed E-state index contributed by atoms with van der Waals surface area (Å²) in [4.78, 5) is 18.9. The summed E-state index contributed by atoms with van der Waals surface area (Å²) in [7, 11) is 1.34. The third-order valence-corrected chi connectivity index (χ3v) is 2.88. The molecule has 0 amide bonds. The Bertz CT molecular complexity index is 514. The molecule has 20 heavy (non-hydrogen) atoms. The molecule has 1 saturated heterocycles. The van der Waals surface area contributed by atoms with Crippen LogP contribution in [0.4, 0.5) is 11.5 Å². The molecule has 1 aromatic rings. The summed E-state index contributed by atoms with van der Waals surface area (Å²) < 4.78 is 10.5. The summed E-state index contributed by atoms with van der Waals surface area (Å²) >= 11 is 0. The van der Waals surface area contributed by atoms with Crippen LogP contribution < -0.4 is 10.1 Å². The highest BCUT2D eigenvalue weighted by Gasteiger charge is 2.29. The molecule has 1 fully saturated rings. The minimum Gasteiger partial charge on any atom is -0.476 e. The summed E-state index contributed by atoms with van der Waals surface area (Å²) in [6.45, 7) is 4.56. The number of anilines is 1. The number of hydrogen-bond acceptors (Lipinski definition) is 7. The second-order valence-electron chi connectivity index (χ2n) is 4.22. The maximum absolute atomic E-state index is 11.1. The van der Waals surface area contributed by atoms with Crippen LogP contribution in [0.2, 0.25) is 0 Å². The Morgan fingerprint density at radius 2 is 2.45 bits per heavy atom. The average molecular weight is 280 g/mol. The minimum atomic E-state index is -0.566. The highest BCUT2D eigenvalue weighted by Crippen LogP contribution is 2.35. The molecule has 8 nitrogen and oxygen atoms in total. The van der Waals surface area contributed by atoms with Crippen molar-refractivity contribution in [3.8, 4) is 5.88 Å². The summed E-state index contributed by atoms with van der Waals surface area (Å²) in [5.74, 6) is 0.450. The SMILES string of the molecule is C=CCNc1nc(C2CCCO2)nc(OC)c1[N+](=O)[O-]. The Kier molecular flexibility index (Phi) is 4.46. The molecule has 2 rings (SSSR count). The van der Waals surface area contributed by atoms with Crippen molar-refractivity contribution in [1.29, 1.82) is 0 Å². The molecule has 1 unspecified atom stereocenters. The van der Waals surface area contributed by atoms with Gasteiger partial charge in [0.15, 0.2) is 5.82 Å². The lowest BCUT2D eigenvalue weighted by Gasteiger charge is -2.12. The van der Waals surface area contributed by atoms with Gasteiger partial charge < -0.3 is 14.8 Å². The molecular formula is C12H16N4O4. The van der Waals surface area contributed by atoms with Crippen LogP contribution in [0.25, 0.3) is 0 Å². The van der Waals surface area contributed by atoms with Crippen LogP contribution in [0, 0.1) is 10.1 Å².